The number of halogens is 3. The molecular formula is C19H18F3N3O6S. The van der Waals surface area contributed by atoms with Crippen molar-refractivity contribution in [3.05, 3.63) is 63.7 Å². The highest BCUT2D eigenvalue weighted by atomic mass is 32.2. The first-order chi connectivity index (χ1) is 14.9. The molecule has 0 aliphatic carbocycles. The maximum atomic E-state index is 12.9. The van der Waals surface area contributed by atoms with Crippen LogP contribution in [0.2, 0.25) is 0 Å². The Balaban J connectivity index is 1.74. The zero-order valence-corrected chi connectivity index (χ0v) is 17.5. The lowest BCUT2D eigenvalue weighted by atomic mass is 10.1. The number of hydrogen-bond donors (Lipinski definition) is 0. The van der Waals surface area contributed by atoms with Gasteiger partial charge in [0, 0.05) is 37.8 Å². The number of nitro benzene ring substituents is 1. The summed E-state index contributed by atoms with van der Waals surface area (Å²) in [5.74, 6) is -0.546. The lowest BCUT2D eigenvalue weighted by Crippen LogP contribution is -2.50. The second kappa shape index (κ2) is 8.74. The van der Waals surface area contributed by atoms with E-state index in [2.05, 4.69) is 0 Å². The van der Waals surface area contributed by atoms with E-state index in [9.17, 15) is 36.5 Å². The van der Waals surface area contributed by atoms with Gasteiger partial charge in [-0.05, 0) is 30.3 Å². The zero-order chi connectivity index (χ0) is 23.7. The Hall–Kier alpha value is -3.19. The third kappa shape index (κ3) is 4.67. The van der Waals surface area contributed by atoms with Crippen LogP contribution in [0.4, 0.5) is 18.9 Å². The molecule has 1 amide bonds. The van der Waals surface area contributed by atoms with Gasteiger partial charge in [-0.2, -0.15) is 17.5 Å². The van der Waals surface area contributed by atoms with E-state index in [0.717, 1.165) is 28.6 Å². The second-order valence-corrected chi connectivity index (χ2v) is 8.80. The Kier molecular flexibility index (Phi) is 6.41. The summed E-state index contributed by atoms with van der Waals surface area (Å²) in [5.41, 5.74) is -1.43. The number of carbonyl (C=O) groups excluding carboxylic acids is 1. The summed E-state index contributed by atoms with van der Waals surface area (Å²) in [7, 11) is -2.94. The largest absolute Gasteiger partial charge is 0.490 e. The molecule has 1 fully saturated rings. The topological polar surface area (TPSA) is 110 Å². The van der Waals surface area contributed by atoms with Crippen molar-refractivity contribution >= 4 is 21.6 Å². The van der Waals surface area contributed by atoms with Crippen molar-refractivity contribution in [3.63, 3.8) is 0 Å². The van der Waals surface area contributed by atoms with Crippen molar-refractivity contribution in [2.75, 3.05) is 33.3 Å². The molecule has 2 aromatic rings. The van der Waals surface area contributed by atoms with Gasteiger partial charge < -0.3 is 9.64 Å². The molecule has 0 aromatic heterocycles. The number of carbonyl (C=O) groups is 1. The van der Waals surface area contributed by atoms with Crippen molar-refractivity contribution in [1.82, 2.24) is 9.21 Å². The summed E-state index contributed by atoms with van der Waals surface area (Å²) in [5, 5.41) is 11.2. The highest BCUT2D eigenvalue weighted by Crippen LogP contribution is 2.32. The molecular weight excluding hydrogens is 455 g/mol. The van der Waals surface area contributed by atoms with E-state index in [4.69, 9.17) is 4.74 Å². The Morgan fingerprint density at radius 2 is 1.75 bits per heavy atom. The van der Waals surface area contributed by atoms with Gasteiger partial charge in [0.25, 0.3) is 5.91 Å². The summed E-state index contributed by atoms with van der Waals surface area (Å²) in [6.45, 7) is -0.334. The number of nitro groups is 1. The molecule has 0 spiro atoms. The molecule has 1 aliphatic heterocycles. The van der Waals surface area contributed by atoms with Crippen LogP contribution in [-0.4, -0.2) is 61.7 Å². The summed E-state index contributed by atoms with van der Waals surface area (Å²) < 4.78 is 70.2. The smallest absolute Gasteiger partial charge is 0.416 e. The van der Waals surface area contributed by atoms with Crippen LogP contribution in [0, 0.1) is 10.1 Å². The maximum absolute atomic E-state index is 12.9. The van der Waals surface area contributed by atoms with Gasteiger partial charge in [0.2, 0.25) is 10.0 Å². The van der Waals surface area contributed by atoms with Crippen molar-refractivity contribution in [3.8, 4) is 5.75 Å². The van der Waals surface area contributed by atoms with E-state index in [1.54, 1.807) is 0 Å². The number of methoxy groups -OCH3 is 1. The highest BCUT2D eigenvalue weighted by Gasteiger charge is 2.34. The van der Waals surface area contributed by atoms with Gasteiger partial charge in [-0.25, -0.2) is 8.42 Å². The van der Waals surface area contributed by atoms with E-state index in [1.807, 2.05) is 0 Å². The second-order valence-electron chi connectivity index (χ2n) is 6.87. The minimum absolute atomic E-state index is 0.0106. The fraction of sp³-hybridized carbons (Fsp3) is 0.316. The first-order valence-corrected chi connectivity index (χ1v) is 10.7. The highest BCUT2D eigenvalue weighted by molar-refractivity contribution is 7.89. The van der Waals surface area contributed by atoms with Crippen LogP contribution in [0.15, 0.2) is 47.4 Å². The van der Waals surface area contributed by atoms with Crippen molar-refractivity contribution < 1.29 is 36.0 Å². The van der Waals surface area contributed by atoms with Crippen LogP contribution in [0.1, 0.15) is 15.9 Å². The molecule has 1 heterocycles. The number of piperazine rings is 1. The molecule has 1 aliphatic rings. The number of amides is 1. The molecule has 9 nitrogen and oxygen atoms in total. The molecule has 0 atom stereocenters. The van der Waals surface area contributed by atoms with Gasteiger partial charge in [0.15, 0.2) is 5.75 Å². The zero-order valence-electron chi connectivity index (χ0n) is 16.7. The molecule has 0 bridgehead atoms. The summed E-state index contributed by atoms with van der Waals surface area (Å²) in [6.07, 6.45) is -4.68. The first kappa shape index (κ1) is 23.5. The molecule has 1 saturated heterocycles. The molecule has 0 radical (unpaired) electrons. The average Bonchev–Trinajstić information content (AvgIpc) is 2.77. The molecule has 0 unspecified atom stereocenters. The fourth-order valence-corrected chi connectivity index (χ4v) is 4.73. The van der Waals surface area contributed by atoms with E-state index < -0.39 is 37.5 Å². The van der Waals surface area contributed by atoms with Crippen molar-refractivity contribution in [1.29, 1.82) is 0 Å². The molecule has 13 heteroatoms. The lowest BCUT2D eigenvalue weighted by molar-refractivity contribution is -0.385. The van der Waals surface area contributed by atoms with E-state index in [0.29, 0.717) is 6.07 Å². The standard InChI is InChI=1S/C19H18F3N3O6S/c1-31-17-6-5-13(11-16(17)25(27)28)18(26)23-7-9-24(10-8-23)32(29,30)15-4-2-3-14(12-15)19(20,21)22/h2-6,11-12H,7-10H2,1H3. The molecule has 3 rings (SSSR count). The summed E-state index contributed by atoms with van der Waals surface area (Å²) in [4.78, 5) is 24.0. The van der Waals surface area contributed by atoms with Crippen molar-refractivity contribution in [2.24, 2.45) is 0 Å². The number of alkyl halides is 3. The number of nitrogens with zero attached hydrogens (tertiary/aromatic N) is 3. The number of rotatable bonds is 5. The van der Waals surface area contributed by atoms with E-state index in [1.165, 1.54) is 24.1 Å². The number of ether oxygens (including phenoxy) is 1. The van der Waals surface area contributed by atoms with Crippen LogP contribution in [-0.2, 0) is 16.2 Å². The summed E-state index contributed by atoms with van der Waals surface area (Å²) >= 11 is 0. The normalized spacial score (nSPS) is 15.4. The SMILES string of the molecule is COc1ccc(C(=O)N2CCN(S(=O)(=O)c3cccc(C(F)(F)F)c3)CC2)cc1[N+](=O)[O-]. The van der Waals surface area contributed by atoms with Gasteiger partial charge in [-0.15, -0.1) is 0 Å². The predicted molar refractivity (Wildman–Crippen MR) is 106 cm³/mol. The monoisotopic (exact) mass is 473 g/mol. The average molecular weight is 473 g/mol. The van der Waals surface area contributed by atoms with Crippen LogP contribution >= 0.6 is 0 Å². The van der Waals surface area contributed by atoms with Gasteiger partial charge in [0.1, 0.15) is 0 Å². The quantitative estimate of drug-likeness (QED) is 0.488. The predicted octanol–water partition coefficient (Wildman–Crippen LogP) is 2.77. The van der Waals surface area contributed by atoms with Crippen LogP contribution in [0.3, 0.4) is 0 Å². The molecule has 172 valence electrons. The third-order valence-corrected chi connectivity index (χ3v) is 6.84. The van der Waals surface area contributed by atoms with Gasteiger partial charge in [-0.3, -0.25) is 14.9 Å². The number of benzene rings is 2. The van der Waals surface area contributed by atoms with Gasteiger partial charge in [0.05, 0.1) is 22.5 Å². The fourth-order valence-electron chi connectivity index (χ4n) is 3.26. The van der Waals surface area contributed by atoms with Crippen LogP contribution < -0.4 is 4.74 Å². The third-order valence-electron chi connectivity index (χ3n) is 4.95. The Morgan fingerprint density at radius 3 is 2.31 bits per heavy atom. The summed E-state index contributed by atoms with van der Waals surface area (Å²) in [6, 6.07) is 7.18. The number of sulfonamides is 1. The minimum Gasteiger partial charge on any atom is -0.490 e. The molecule has 0 N–H and O–H groups in total. The lowest BCUT2D eigenvalue weighted by Gasteiger charge is -2.34. The van der Waals surface area contributed by atoms with Gasteiger partial charge >= 0.3 is 11.9 Å². The van der Waals surface area contributed by atoms with Crippen LogP contribution in [0.25, 0.3) is 0 Å². The number of hydrogen-bond acceptors (Lipinski definition) is 6. The molecule has 2 aromatic carbocycles. The molecule has 32 heavy (non-hydrogen) atoms. The van der Waals surface area contributed by atoms with Crippen LogP contribution in [0.5, 0.6) is 5.75 Å². The van der Waals surface area contributed by atoms with Gasteiger partial charge in [-0.1, -0.05) is 6.07 Å². The maximum Gasteiger partial charge on any atom is 0.416 e. The first-order valence-electron chi connectivity index (χ1n) is 9.24. The molecule has 0 saturated carbocycles. The van der Waals surface area contributed by atoms with E-state index >= 15 is 0 Å². The van der Waals surface area contributed by atoms with E-state index in [-0.39, 0.29) is 43.2 Å². The van der Waals surface area contributed by atoms with Crippen molar-refractivity contribution in [2.45, 2.75) is 11.1 Å². The minimum atomic E-state index is -4.68. The Morgan fingerprint density at radius 1 is 1.09 bits per heavy atom. The Bertz CT molecular complexity index is 1150. The Labute approximate surface area is 181 Å².